The van der Waals surface area contributed by atoms with Gasteiger partial charge in [0.1, 0.15) is 5.58 Å². The second-order valence-corrected chi connectivity index (χ2v) is 6.22. The molecule has 0 unspecified atom stereocenters. The number of nitrogen functional groups attached to an aromatic ring is 1. The van der Waals surface area contributed by atoms with Gasteiger partial charge in [0.15, 0.2) is 0 Å². The molecule has 3 heterocycles. The van der Waals surface area contributed by atoms with Crippen molar-refractivity contribution in [2.45, 2.75) is 19.5 Å². The van der Waals surface area contributed by atoms with Gasteiger partial charge < -0.3 is 10.2 Å². The van der Waals surface area contributed by atoms with E-state index in [1.165, 1.54) is 0 Å². The number of benzene rings is 1. The van der Waals surface area contributed by atoms with E-state index in [4.69, 9.17) is 21.8 Å². The minimum absolute atomic E-state index is 0.292. The van der Waals surface area contributed by atoms with Crippen LogP contribution in [0, 0.1) is 0 Å². The maximum absolute atomic E-state index is 12.3. The lowest BCUT2D eigenvalue weighted by Gasteiger charge is -2.27. The molecule has 1 aliphatic heterocycles. The summed E-state index contributed by atoms with van der Waals surface area (Å²) in [6.45, 7) is 1.85. The first-order valence-corrected chi connectivity index (χ1v) is 8.02. The number of halogens is 1. The molecule has 0 saturated carbocycles. The van der Waals surface area contributed by atoms with Crippen LogP contribution in [-0.2, 0) is 19.5 Å². The molecule has 0 bridgehead atoms. The van der Waals surface area contributed by atoms with Crippen LogP contribution < -0.4 is 11.4 Å². The average molecular weight is 343 g/mol. The fraction of sp³-hybridized carbons (Fsp3) is 0.235. The summed E-state index contributed by atoms with van der Waals surface area (Å²) in [7, 11) is 0. The largest absolute Gasteiger partial charge is 0.422 e. The molecule has 0 amide bonds. The van der Waals surface area contributed by atoms with Gasteiger partial charge in [-0.3, -0.25) is 4.90 Å². The molecule has 4 rings (SSSR count). The Bertz CT molecular complexity index is 986. The first kappa shape index (κ1) is 15.1. The molecule has 7 heteroatoms. The Kier molecular flexibility index (Phi) is 3.70. The summed E-state index contributed by atoms with van der Waals surface area (Å²) in [5.41, 5.74) is 8.21. The van der Waals surface area contributed by atoms with Crippen LogP contribution in [0.1, 0.15) is 16.8 Å². The molecule has 0 radical (unpaired) electrons. The van der Waals surface area contributed by atoms with E-state index in [9.17, 15) is 4.79 Å². The molecule has 0 spiro atoms. The zero-order valence-corrected chi connectivity index (χ0v) is 13.6. The van der Waals surface area contributed by atoms with Gasteiger partial charge in [0.2, 0.25) is 5.95 Å². The second kappa shape index (κ2) is 5.89. The van der Waals surface area contributed by atoms with Crippen LogP contribution >= 0.6 is 11.6 Å². The van der Waals surface area contributed by atoms with Crippen molar-refractivity contribution in [1.29, 1.82) is 0 Å². The average Bonchev–Trinajstić information content (AvgIpc) is 2.58. The van der Waals surface area contributed by atoms with Crippen molar-refractivity contribution >= 4 is 28.5 Å². The van der Waals surface area contributed by atoms with Crippen LogP contribution in [0.5, 0.6) is 0 Å². The number of aromatic nitrogens is 2. The van der Waals surface area contributed by atoms with Crippen molar-refractivity contribution < 1.29 is 4.42 Å². The van der Waals surface area contributed by atoms with Gasteiger partial charge in [0.25, 0.3) is 0 Å². The number of fused-ring (bicyclic) bond motifs is 2. The number of hydrogen-bond acceptors (Lipinski definition) is 6. The van der Waals surface area contributed by atoms with Crippen LogP contribution in [0.3, 0.4) is 0 Å². The highest BCUT2D eigenvalue weighted by Crippen LogP contribution is 2.27. The zero-order valence-electron chi connectivity index (χ0n) is 12.8. The molecule has 0 saturated heterocycles. The van der Waals surface area contributed by atoms with Crippen molar-refractivity contribution in [2.75, 3.05) is 12.3 Å². The highest BCUT2D eigenvalue weighted by atomic mass is 35.5. The highest BCUT2D eigenvalue weighted by Gasteiger charge is 2.21. The molecule has 1 aliphatic rings. The van der Waals surface area contributed by atoms with Gasteiger partial charge in [-0.15, -0.1) is 0 Å². The predicted octanol–water partition coefficient (Wildman–Crippen LogP) is 2.38. The summed E-state index contributed by atoms with van der Waals surface area (Å²) in [5, 5.41) is 1.21. The third-order valence-electron chi connectivity index (χ3n) is 4.25. The first-order valence-electron chi connectivity index (χ1n) is 7.64. The maximum atomic E-state index is 12.3. The number of rotatable bonds is 2. The zero-order chi connectivity index (χ0) is 16.7. The molecule has 0 atom stereocenters. The van der Waals surface area contributed by atoms with E-state index in [1.54, 1.807) is 12.3 Å². The Morgan fingerprint density at radius 1 is 1.33 bits per heavy atom. The van der Waals surface area contributed by atoms with Crippen molar-refractivity contribution in [3.8, 4) is 0 Å². The van der Waals surface area contributed by atoms with E-state index >= 15 is 0 Å². The van der Waals surface area contributed by atoms with E-state index in [2.05, 4.69) is 14.9 Å². The van der Waals surface area contributed by atoms with Gasteiger partial charge >= 0.3 is 5.63 Å². The van der Waals surface area contributed by atoms with E-state index in [1.807, 2.05) is 18.2 Å². The molecule has 2 N–H and O–H groups in total. The van der Waals surface area contributed by atoms with E-state index in [0.29, 0.717) is 35.2 Å². The van der Waals surface area contributed by atoms with Gasteiger partial charge in [0.05, 0.1) is 16.3 Å². The lowest BCUT2D eigenvalue weighted by Crippen LogP contribution is -2.32. The molecule has 122 valence electrons. The van der Waals surface area contributed by atoms with E-state index in [-0.39, 0.29) is 0 Å². The van der Waals surface area contributed by atoms with Crippen LogP contribution in [0.4, 0.5) is 5.95 Å². The minimum atomic E-state index is -0.391. The smallest absolute Gasteiger partial charge is 0.342 e. The third-order valence-corrected chi connectivity index (χ3v) is 4.68. The van der Waals surface area contributed by atoms with Crippen LogP contribution in [-0.4, -0.2) is 21.4 Å². The Morgan fingerprint density at radius 3 is 3.04 bits per heavy atom. The van der Waals surface area contributed by atoms with E-state index < -0.39 is 5.63 Å². The lowest BCUT2D eigenvalue weighted by molar-refractivity contribution is 0.240. The molecule has 0 fully saturated rings. The van der Waals surface area contributed by atoms with Crippen molar-refractivity contribution in [1.82, 2.24) is 14.9 Å². The fourth-order valence-corrected chi connectivity index (χ4v) is 3.33. The summed E-state index contributed by atoms with van der Waals surface area (Å²) < 4.78 is 5.39. The Morgan fingerprint density at radius 2 is 2.17 bits per heavy atom. The molecular weight excluding hydrogens is 328 g/mol. The van der Waals surface area contributed by atoms with Crippen molar-refractivity contribution in [2.24, 2.45) is 0 Å². The van der Waals surface area contributed by atoms with Crippen LogP contribution in [0.25, 0.3) is 11.0 Å². The summed E-state index contributed by atoms with van der Waals surface area (Å²) >= 11 is 6.46. The number of anilines is 1. The summed E-state index contributed by atoms with van der Waals surface area (Å²) in [5.74, 6) is 0.292. The standard InChI is InChI=1S/C17H15ClN4O2/c18-15-11-3-1-2-4-14(11)24-16(23)12(15)9-22-6-5-13-10(8-22)7-20-17(19)21-13/h1-4,7H,5-6,8-9H2,(H2,19,20,21). The molecule has 1 aromatic carbocycles. The van der Waals surface area contributed by atoms with E-state index in [0.717, 1.165) is 29.6 Å². The van der Waals surface area contributed by atoms with Crippen molar-refractivity contribution in [3.63, 3.8) is 0 Å². The topological polar surface area (TPSA) is 85.2 Å². The summed E-state index contributed by atoms with van der Waals surface area (Å²) in [6.07, 6.45) is 2.51. The molecule has 2 aromatic heterocycles. The second-order valence-electron chi connectivity index (χ2n) is 5.84. The van der Waals surface area contributed by atoms with Gasteiger partial charge in [-0.05, 0) is 12.1 Å². The highest BCUT2D eigenvalue weighted by molar-refractivity contribution is 6.35. The maximum Gasteiger partial charge on any atom is 0.342 e. The molecule has 3 aromatic rings. The monoisotopic (exact) mass is 342 g/mol. The molecule has 6 nitrogen and oxygen atoms in total. The quantitative estimate of drug-likeness (QED) is 0.720. The lowest BCUT2D eigenvalue weighted by atomic mass is 10.1. The molecule has 24 heavy (non-hydrogen) atoms. The number of nitrogens with two attached hydrogens (primary N) is 1. The van der Waals surface area contributed by atoms with Crippen LogP contribution in [0.15, 0.2) is 39.7 Å². The third kappa shape index (κ3) is 2.64. The molecular formula is C17H15ClN4O2. The van der Waals surface area contributed by atoms with Gasteiger partial charge in [0, 0.05) is 43.2 Å². The SMILES string of the molecule is Nc1ncc2c(n1)CCN(Cc1c(Cl)c3ccccc3oc1=O)C2. The van der Waals surface area contributed by atoms with Gasteiger partial charge in [-0.2, -0.15) is 0 Å². The minimum Gasteiger partial charge on any atom is -0.422 e. The molecule has 0 aliphatic carbocycles. The number of para-hydroxylation sites is 1. The Balaban J connectivity index is 1.66. The Labute approximate surface area is 142 Å². The fourth-order valence-electron chi connectivity index (χ4n) is 3.03. The number of hydrogen-bond donors (Lipinski definition) is 1. The van der Waals surface area contributed by atoms with Crippen molar-refractivity contribution in [3.05, 3.63) is 62.7 Å². The first-order chi connectivity index (χ1) is 11.6. The number of nitrogens with zero attached hydrogens (tertiary/aromatic N) is 3. The van der Waals surface area contributed by atoms with Crippen LogP contribution in [0.2, 0.25) is 5.02 Å². The predicted molar refractivity (Wildman–Crippen MR) is 91.8 cm³/mol. The Hall–Kier alpha value is -2.44. The normalized spacial score (nSPS) is 14.7. The summed E-state index contributed by atoms with van der Waals surface area (Å²) in [4.78, 5) is 22.7. The van der Waals surface area contributed by atoms with Gasteiger partial charge in [-0.1, -0.05) is 23.7 Å². The van der Waals surface area contributed by atoms with Gasteiger partial charge in [-0.25, -0.2) is 14.8 Å². The summed E-state index contributed by atoms with van der Waals surface area (Å²) in [6, 6.07) is 7.28.